The summed E-state index contributed by atoms with van der Waals surface area (Å²) in [5.74, 6) is 0. The molecule has 3 heteroatoms. The third kappa shape index (κ3) is 6.87. The molecule has 1 fully saturated rings. The van der Waals surface area contributed by atoms with Crippen molar-refractivity contribution in [3.8, 4) is 0 Å². The van der Waals surface area contributed by atoms with Crippen molar-refractivity contribution in [3.63, 3.8) is 0 Å². The molecule has 16 heavy (non-hydrogen) atoms. The van der Waals surface area contributed by atoms with Crippen LogP contribution in [0.3, 0.4) is 0 Å². The monoisotopic (exact) mass is 292 g/mol. The fourth-order valence-corrected chi connectivity index (χ4v) is 2.58. The zero-order valence-corrected chi connectivity index (χ0v) is 12.0. The van der Waals surface area contributed by atoms with Crippen LogP contribution in [0, 0.1) is 0 Å². The molecular weight excluding hydrogens is 268 g/mol. The summed E-state index contributed by atoms with van der Waals surface area (Å²) in [6, 6.07) is 0. The molecule has 0 spiro atoms. The van der Waals surface area contributed by atoms with Gasteiger partial charge in [-0.3, -0.25) is 0 Å². The van der Waals surface area contributed by atoms with Crippen LogP contribution in [-0.4, -0.2) is 24.3 Å². The minimum atomic E-state index is 0.0816. The van der Waals surface area contributed by atoms with Gasteiger partial charge in [-0.25, -0.2) is 0 Å². The zero-order valence-electron chi connectivity index (χ0n) is 10.4. The van der Waals surface area contributed by atoms with Gasteiger partial charge < -0.3 is 9.47 Å². The average Bonchev–Trinajstić information content (AvgIpc) is 2.33. The van der Waals surface area contributed by atoms with Crippen molar-refractivity contribution < 1.29 is 9.47 Å². The normalized spacial score (nSPS) is 23.2. The maximum Gasteiger partial charge on any atom is 0.157 e. The Morgan fingerprint density at radius 2 is 2.12 bits per heavy atom. The number of rotatable bonds is 8. The maximum atomic E-state index is 5.69. The Balaban J connectivity index is 1.90. The Kier molecular flexibility index (Phi) is 8.52. The molecule has 2 nitrogen and oxygen atoms in total. The highest BCUT2D eigenvalue weighted by atomic mass is 79.9. The van der Waals surface area contributed by atoms with Gasteiger partial charge in [-0.1, -0.05) is 35.7 Å². The van der Waals surface area contributed by atoms with Gasteiger partial charge in [0.15, 0.2) is 6.29 Å². The lowest BCUT2D eigenvalue weighted by atomic mass is 10.1. The number of hydrogen-bond acceptors (Lipinski definition) is 2. The molecule has 0 aromatic rings. The lowest BCUT2D eigenvalue weighted by Gasteiger charge is -2.22. The molecule has 1 aliphatic rings. The van der Waals surface area contributed by atoms with Crippen LogP contribution in [0.1, 0.15) is 58.3 Å². The van der Waals surface area contributed by atoms with Crippen LogP contribution in [0.5, 0.6) is 0 Å². The van der Waals surface area contributed by atoms with Crippen molar-refractivity contribution in [2.45, 2.75) is 69.4 Å². The summed E-state index contributed by atoms with van der Waals surface area (Å²) >= 11 is 3.72. The van der Waals surface area contributed by atoms with E-state index in [1.165, 1.54) is 38.5 Å². The van der Waals surface area contributed by atoms with Gasteiger partial charge in [-0.05, 0) is 38.5 Å². The molecule has 0 aromatic carbocycles. The van der Waals surface area contributed by atoms with Gasteiger partial charge >= 0.3 is 0 Å². The van der Waals surface area contributed by atoms with Crippen LogP contribution in [0.2, 0.25) is 0 Å². The summed E-state index contributed by atoms with van der Waals surface area (Å²) in [6.07, 6.45) is 9.86. The Morgan fingerprint density at radius 3 is 2.81 bits per heavy atom. The van der Waals surface area contributed by atoms with E-state index in [9.17, 15) is 0 Å². The molecule has 0 saturated carbocycles. The SMILES string of the molecule is CCCCC(Br)CCCOC1CCCCO1. The highest BCUT2D eigenvalue weighted by Crippen LogP contribution is 2.17. The van der Waals surface area contributed by atoms with Crippen LogP contribution in [-0.2, 0) is 9.47 Å². The van der Waals surface area contributed by atoms with Gasteiger partial charge in [0, 0.05) is 18.0 Å². The average molecular weight is 293 g/mol. The van der Waals surface area contributed by atoms with E-state index < -0.39 is 0 Å². The van der Waals surface area contributed by atoms with E-state index in [2.05, 4.69) is 22.9 Å². The molecule has 2 unspecified atom stereocenters. The van der Waals surface area contributed by atoms with E-state index in [4.69, 9.17) is 9.47 Å². The Labute approximate surface area is 108 Å². The van der Waals surface area contributed by atoms with Crippen LogP contribution in [0.15, 0.2) is 0 Å². The number of hydrogen-bond donors (Lipinski definition) is 0. The maximum absolute atomic E-state index is 5.69. The molecule has 0 N–H and O–H groups in total. The van der Waals surface area contributed by atoms with Gasteiger partial charge in [-0.15, -0.1) is 0 Å². The van der Waals surface area contributed by atoms with E-state index in [-0.39, 0.29) is 6.29 Å². The van der Waals surface area contributed by atoms with Crippen molar-refractivity contribution in [1.29, 1.82) is 0 Å². The second kappa shape index (κ2) is 9.43. The number of alkyl halides is 1. The largest absolute Gasteiger partial charge is 0.353 e. The second-order valence-electron chi connectivity index (χ2n) is 4.55. The van der Waals surface area contributed by atoms with Gasteiger partial charge in [-0.2, -0.15) is 0 Å². The van der Waals surface area contributed by atoms with Crippen molar-refractivity contribution in [2.75, 3.05) is 13.2 Å². The molecule has 0 amide bonds. The molecule has 0 bridgehead atoms. The summed E-state index contributed by atoms with van der Waals surface area (Å²) in [7, 11) is 0. The summed E-state index contributed by atoms with van der Waals surface area (Å²) < 4.78 is 11.2. The lowest BCUT2D eigenvalue weighted by molar-refractivity contribution is -0.162. The number of ether oxygens (including phenoxy) is 2. The quantitative estimate of drug-likeness (QED) is 0.491. The standard InChI is InChI=1S/C13H25BrO2/c1-2-3-7-12(14)8-6-11-16-13-9-4-5-10-15-13/h12-13H,2-11H2,1H3. The Hall–Kier alpha value is 0.400. The summed E-state index contributed by atoms with van der Waals surface area (Å²) in [5.41, 5.74) is 0. The van der Waals surface area contributed by atoms with Crippen molar-refractivity contribution in [1.82, 2.24) is 0 Å². The highest BCUT2D eigenvalue weighted by Gasteiger charge is 2.13. The predicted octanol–water partition coefficient (Wildman–Crippen LogP) is 4.26. The van der Waals surface area contributed by atoms with E-state index in [1.807, 2.05) is 0 Å². The molecule has 1 heterocycles. The Morgan fingerprint density at radius 1 is 1.31 bits per heavy atom. The van der Waals surface area contributed by atoms with Crippen LogP contribution < -0.4 is 0 Å². The fraction of sp³-hybridized carbons (Fsp3) is 1.00. The summed E-state index contributed by atoms with van der Waals surface area (Å²) in [5, 5.41) is 0. The molecule has 2 atom stereocenters. The molecule has 1 saturated heterocycles. The Bertz CT molecular complexity index is 158. The van der Waals surface area contributed by atoms with E-state index in [0.29, 0.717) is 4.83 Å². The summed E-state index contributed by atoms with van der Waals surface area (Å²) in [6.45, 7) is 3.96. The van der Waals surface area contributed by atoms with Gasteiger partial charge in [0.05, 0.1) is 0 Å². The minimum Gasteiger partial charge on any atom is -0.353 e. The van der Waals surface area contributed by atoms with Crippen LogP contribution in [0.4, 0.5) is 0 Å². The molecule has 96 valence electrons. The fourth-order valence-electron chi connectivity index (χ4n) is 1.93. The first-order valence-electron chi connectivity index (χ1n) is 6.70. The van der Waals surface area contributed by atoms with Crippen LogP contribution in [0.25, 0.3) is 0 Å². The summed E-state index contributed by atoms with van der Waals surface area (Å²) in [4.78, 5) is 0.670. The third-order valence-corrected chi connectivity index (χ3v) is 3.89. The van der Waals surface area contributed by atoms with Crippen LogP contribution >= 0.6 is 15.9 Å². The molecule has 0 radical (unpaired) electrons. The number of unbranched alkanes of at least 4 members (excludes halogenated alkanes) is 1. The third-order valence-electron chi connectivity index (χ3n) is 2.97. The second-order valence-corrected chi connectivity index (χ2v) is 5.84. The van der Waals surface area contributed by atoms with E-state index in [1.54, 1.807) is 0 Å². The van der Waals surface area contributed by atoms with Gasteiger partial charge in [0.25, 0.3) is 0 Å². The minimum absolute atomic E-state index is 0.0816. The first kappa shape index (κ1) is 14.5. The van der Waals surface area contributed by atoms with E-state index in [0.717, 1.165) is 26.1 Å². The molecule has 0 aromatic heterocycles. The van der Waals surface area contributed by atoms with E-state index >= 15 is 0 Å². The number of halogens is 1. The van der Waals surface area contributed by atoms with Crippen molar-refractivity contribution in [3.05, 3.63) is 0 Å². The lowest BCUT2D eigenvalue weighted by Crippen LogP contribution is -2.22. The first-order valence-corrected chi connectivity index (χ1v) is 7.61. The smallest absolute Gasteiger partial charge is 0.157 e. The van der Waals surface area contributed by atoms with Gasteiger partial charge in [0.1, 0.15) is 0 Å². The zero-order chi connectivity index (χ0) is 11.6. The van der Waals surface area contributed by atoms with Crippen molar-refractivity contribution >= 4 is 15.9 Å². The first-order chi connectivity index (χ1) is 7.83. The topological polar surface area (TPSA) is 18.5 Å². The van der Waals surface area contributed by atoms with Crippen molar-refractivity contribution in [2.24, 2.45) is 0 Å². The molecular formula is C13H25BrO2. The molecule has 0 aliphatic carbocycles. The predicted molar refractivity (Wildman–Crippen MR) is 71.0 cm³/mol. The highest BCUT2D eigenvalue weighted by molar-refractivity contribution is 9.09. The molecule has 1 aliphatic heterocycles. The van der Waals surface area contributed by atoms with Gasteiger partial charge in [0.2, 0.25) is 0 Å². The molecule has 1 rings (SSSR count).